The van der Waals surface area contributed by atoms with Gasteiger partial charge in [-0.1, -0.05) is 23.7 Å². The van der Waals surface area contributed by atoms with Gasteiger partial charge < -0.3 is 10.2 Å². The Balaban J connectivity index is 1.59. The lowest BCUT2D eigenvalue weighted by Crippen LogP contribution is -2.51. The Morgan fingerprint density at radius 3 is 2.46 bits per heavy atom. The van der Waals surface area contributed by atoms with E-state index in [1.54, 1.807) is 12.1 Å². The first-order valence-corrected chi connectivity index (χ1v) is 9.31. The Morgan fingerprint density at radius 2 is 1.85 bits per heavy atom. The van der Waals surface area contributed by atoms with Crippen molar-refractivity contribution < 1.29 is 9.18 Å². The molecule has 2 heterocycles. The van der Waals surface area contributed by atoms with E-state index < -0.39 is 5.54 Å². The Morgan fingerprint density at radius 1 is 1.15 bits per heavy atom. The van der Waals surface area contributed by atoms with Crippen molar-refractivity contribution in [3.63, 3.8) is 0 Å². The van der Waals surface area contributed by atoms with Crippen LogP contribution in [0.1, 0.15) is 48.2 Å². The summed E-state index contributed by atoms with van der Waals surface area (Å²) in [5, 5.41) is 3.32. The van der Waals surface area contributed by atoms with Crippen LogP contribution in [0.15, 0.2) is 30.5 Å². The van der Waals surface area contributed by atoms with Gasteiger partial charge in [-0.3, -0.25) is 4.79 Å². The van der Waals surface area contributed by atoms with Crippen molar-refractivity contribution in [1.82, 2.24) is 15.3 Å². The highest BCUT2D eigenvalue weighted by molar-refractivity contribution is 6.33. The molecule has 1 aromatic heterocycles. The number of nitrogens with zero attached hydrogens (tertiary/aromatic N) is 3. The average molecular weight is 375 g/mol. The maximum Gasteiger partial charge on any atom is 0.272 e. The summed E-state index contributed by atoms with van der Waals surface area (Å²) in [6, 6.07) is 6.30. The zero-order valence-corrected chi connectivity index (χ0v) is 15.1. The monoisotopic (exact) mass is 374 g/mol. The number of hydrogen-bond acceptors (Lipinski definition) is 4. The van der Waals surface area contributed by atoms with Gasteiger partial charge in [-0.25, -0.2) is 14.4 Å². The summed E-state index contributed by atoms with van der Waals surface area (Å²) < 4.78 is 13.2. The van der Waals surface area contributed by atoms with Gasteiger partial charge in [0, 0.05) is 13.1 Å². The van der Waals surface area contributed by atoms with Crippen molar-refractivity contribution >= 4 is 23.5 Å². The van der Waals surface area contributed by atoms with Crippen LogP contribution in [-0.4, -0.2) is 29.0 Å². The van der Waals surface area contributed by atoms with Gasteiger partial charge in [-0.2, -0.15) is 0 Å². The number of amides is 1. The predicted molar refractivity (Wildman–Crippen MR) is 97.9 cm³/mol. The smallest absolute Gasteiger partial charge is 0.272 e. The molecule has 2 aromatic rings. The lowest BCUT2D eigenvalue weighted by atomic mass is 9.71. The van der Waals surface area contributed by atoms with Gasteiger partial charge >= 0.3 is 0 Å². The van der Waals surface area contributed by atoms with Crippen molar-refractivity contribution in [3.05, 3.63) is 52.6 Å². The van der Waals surface area contributed by atoms with Crippen molar-refractivity contribution in [3.8, 4) is 0 Å². The molecule has 1 saturated heterocycles. The quantitative estimate of drug-likeness (QED) is 0.886. The standard InChI is InChI=1S/C19H20ClFN4O/c20-15-12-22-18(25-10-1-2-11-25)23-16(15)17(26)24-19(8-3-9-19)13-4-6-14(21)7-5-13/h4-7,12H,1-3,8-11H2,(H,24,26). The Hall–Kier alpha value is -2.21. The molecule has 0 bridgehead atoms. The van der Waals surface area contributed by atoms with Crippen molar-refractivity contribution in [1.29, 1.82) is 0 Å². The average Bonchev–Trinajstić information content (AvgIpc) is 3.14. The molecule has 1 aliphatic heterocycles. The second-order valence-corrected chi connectivity index (χ2v) is 7.36. The number of halogens is 2. The number of rotatable bonds is 4. The first-order valence-electron chi connectivity index (χ1n) is 8.93. The van der Waals surface area contributed by atoms with Crippen molar-refractivity contribution in [2.24, 2.45) is 0 Å². The molecule has 26 heavy (non-hydrogen) atoms. The number of carbonyl (C=O) groups is 1. The van der Waals surface area contributed by atoms with Crippen LogP contribution < -0.4 is 10.2 Å². The highest BCUT2D eigenvalue weighted by Gasteiger charge is 2.40. The summed E-state index contributed by atoms with van der Waals surface area (Å²) in [6.07, 6.45) is 6.32. The van der Waals surface area contributed by atoms with E-state index in [4.69, 9.17) is 11.6 Å². The second-order valence-electron chi connectivity index (χ2n) is 6.96. The van der Waals surface area contributed by atoms with Gasteiger partial charge in [0.15, 0.2) is 5.69 Å². The van der Waals surface area contributed by atoms with E-state index in [2.05, 4.69) is 20.2 Å². The first kappa shape index (κ1) is 17.2. The van der Waals surface area contributed by atoms with Gasteiger partial charge in [0.2, 0.25) is 5.95 Å². The molecule has 1 saturated carbocycles. The second kappa shape index (κ2) is 6.83. The molecule has 0 radical (unpaired) electrons. The van der Waals surface area contributed by atoms with Gasteiger partial charge in [0.1, 0.15) is 5.82 Å². The molecule has 2 aliphatic rings. The molecule has 0 spiro atoms. The summed E-state index contributed by atoms with van der Waals surface area (Å²) in [5.41, 5.74) is 0.618. The highest BCUT2D eigenvalue weighted by atomic mass is 35.5. The zero-order chi connectivity index (χ0) is 18.1. The molecule has 7 heteroatoms. The van der Waals surface area contributed by atoms with E-state index in [1.807, 2.05) is 0 Å². The van der Waals surface area contributed by atoms with E-state index in [0.717, 1.165) is 50.8 Å². The number of aromatic nitrogens is 2. The van der Waals surface area contributed by atoms with Crippen LogP contribution in [0, 0.1) is 5.82 Å². The van der Waals surface area contributed by atoms with Crippen LogP contribution in [0.4, 0.5) is 10.3 Å². The predicted octanol–water partition coefficient (Wildman–Crippen LogP) is 3.68. The largest absolute Gasteiger partial charge is 0.341 e. The Labute approximate surface area is 156 Å². The normalized spacial score (nSPS) is 18.5. The maximum atomic E-state index is 13.2. The number of nitrogens with one attached hydrogen (secondary N) is 1. The molecular formula is C19H20ClFN4O. The summed E-state index contributed by atoms with van der Waals surface area (Å²) in [4.78, 5) is 23.6. The summed E-state index contributed by atoms with van der Waals surface area (Å²) in [5.74, 6) is -0.0630. The van der Waals surface area contributed by atoms with Crippen LogP contribution in [0.2, 0.25) is 5.02 Å². The number of anilines is 1. The molecule has 4 rings (SSSR count). The van der Waals surface area contributed by atoms with Crippen molar-refractivity contribution in [2.45, 2.75) is 37.6 Å². The lowest BCUT2D eigenvalue weighted by molar-refractivity contribution is 0.0818. The van der Waals surface area contributed by atoms with Gasteiger partial charge in [-0.15, -0.1) is 0 Å². The molecule has 1 aromatic carbocycles. The molecule has 136 valence electrons. The molecule has 1 N–H and O–H groups in total. The first-order chi connectivity index (χ1) is 12.6. The minimum Gasteiger partial charge on any atom is -0.341 e. The van der Waals surface area contributed by atoms with Crippen LogP contribution in [0.25, 0.3) is 0 Å². The third-order valence-electron chi connectivity index (χ3n) is 5.29. The molecule has 5 nitrogen and oxygen atoms in total. The van der Waals surface area contributed by atoms with E-state index in [-0.39, 0.29) is 22.4 Å². The number of carbonyl (C=O) groups excluding carboxylic acids is 1. The van der Waals surface area contributed by atoms with Gasteiger partial charge in [0.05, 0.1) is 16.8 Å². The fourth-order valence-electron chi connectivity index (χ4n) is 3.65. The third-order valence-corrected chi connectivity index (χ3v) is 5.57. The van der Waals surface area contributed by atoms with E-state index in [1.165, 1.54) is 18.3 Å². The van der Waals surface area contributed by atoms with Crippen LogP contribution in [0.5, 0.6) is 0 Å². The molecule has 0 atom stereocenters. The zero-order valence-electron chi connectivity index (χ0n) is 14.3. The summed E-state index contributed by atoms with van der Waals surface area (Å²) >= 11 is 6.20. The molecular weight excluding hydrogens is 355 g/mol. The maximum absolute atomic E-state index is 13.2. The number of benzene rings is 1. The molecule has 2 fully saturated rings. The van der Waals surface area contributed by atoms with Crippen molar-refractivity contribution in [2.75, 3.05) is 18.0 Å². The van der Waals surface area contributed by atoms with Crippen LogP contribution in [0.3, 0.4) is 0 Å². The third kappa shape index (κ3) is 3.14. The lowest BCUT2D eigenvalue weighted by Gasteiger charge is -2.43. The SMILES string of the molecule is O=C(NC1(c2ccc(F)cc2)CCC1)c1nc(N2CCCC2)ncc1Cl. The topological polar surface area (TPSA) is 58.1 Å². The highest BCUT2D eigenvalue weighted by Crippen LogP contribution is 2.41. The fraction of sp³-hybridized carbons (Fsp3) is 0.421. The Bertz CT molecular complexity index is 817. The summed E-state index contributed by atoms with van der Waals surface area (Å²) in [6.45, 7) is 1.78. The molecule has 1 amide bonds. The van der Waals surface area contributed by atoms with E-state index in [0.29, 0.717) is 5.95 Å². The van der Waals surface area contributed by atoms with Crippen LogP contribution in [-0.2, 0) is 5.54 Å². The van der Waals surface area contributed by atoms with E-state index in [9.17, 15) is 9.18 Å². The fourth-order valence-corrected chi connectivity index (χ4v) is 3.83. The summed E-state index contributed by atoms with van der Waals surface area (Å²) in [7, 11) is 0. The minimum atomic E-state index is -0.479. The van der Waals surface area contributed by atoms with Crippen LogP contribution >= 0.6 is 11.6 Å². The molecule has 0 unspecified atom stereocenters. The van der Waals surface area contributed by atoms with Gasteiger partial charge in [0.25, 0.3) is 5.91 Å². The number of hydrogen-bond donors (Lipinski definition) is 1. The van der Waals surface area contributed by atoms with Gasteiger partial charge in [-0.05, 0) is 49.8 Å². The minimum absolute atomic E-state index is 0.192. The Kier molecular flexibility index (Phi) is 4.53. The van der Waals surface area contributed by atoms with E-state index >= 15 is 0 Å². The molecule has 1 aliphatic carbocycles.